The molecule has 0 aromatic heterocycles. The number of anilines is 2. The lowest BCUT2D eigenvalue weighted by Crippen LogP contribution is -2.43. The van der Waals surface area contributed by atoms with Crippen molar-refractivity contribution in [2.75, 3.05) is 30.3 Å². The van der Waals surface area contributed by atoms with Crippen LogP contribution in [0.5, 0.6) is 11.5 Å². The third kappa shape index (κ3) is 6.67. The number of hydrogen-bond acceptors (Lipinski definition) is 7. The van der Waals surface area contributed by atoms with E-state index in [9.17, 15) is 19.8 Å². The maximum absolute atomic E-state index is 11.8. The first-order valence-electron chi connectivity index (χ1n) is 11.0. The molecule has 9 heteroatoms. The van der Waals surface area contributed by atoms with E-state index >= 15 is 0 Å². The van der Waals surface area contributed by atoms with Crippen LogP contribution in [0, 0.1) is 0 Å². The summed E-state index contributed by atoms with van der Waals surface area (Å²) in [4.78, 5) is 23.4. The van der Waals surface area contributed by atoms with Gasteiger partial charge in [0.2, 0.25) is 5.91 Å². The molecule has 33 heavy (non-hydrogen) atoms. The van der Waals surface area contributed by atoms with Gasteiger partial charge in [0.15, 0.2) is 12.4 Å². The summed E-state index contributed by atoms with van der Waals surface area (Å²) in [5, 5.41) is 29.6. The van der Waals surface area contributed by atoms with Crippen LogP contribution in [-0.2, 0) is 16.0 Å². The molecule has 1 aliphatic heterocycles. The molecular formula is C24H32N4O5. The molecule has 9 nitrogen and oxygen atoms in total. The van der Waals surface area contributed by atoms with E-state index in [2.05, 4.69) is 16.0 Å². The molecule has 2 aromatic rings. The first-order valence-corrected chi connectivity index (χ1v) is 11.0. The van der Waals surface area contributed by atoms with Crippen LogP contribution in [0.15, 0.2) is 36.4 Å². The van der Waals surface area contributed by atoms with Gasteiger partial charge in [-0.25, -0.2) is 0 Å². The number of rotatable bonds is 10. The zero-order valence-electron chi connectivity index (χ0n) is 19.0. The molecule has 178 valence electrons. The highest BCUT2D eigenvalue weighted by Crippen LogP contribution is 2.41. The molecule has 0 aliphatic carbocycles. The molecule has 2 amide bonds. The van der Waals surface area contributed by atoms with Crippen LogP contribution >= 0.6 is 0 Å². The Hall–Kier alpha value is -3.14. The van der Waals surface area contributed by atoms with Crippen molar-refractivity contribution in [1.82, 2.24) is 5.32 Å². The number of amides is 2. The van der Waals surface area contributed by atoms with Gasteiger partial charge in [0.25, 0.3) is 5.91 Å². The number of carbonyl (C=O) groups excluding carboxylic acids is 2. The summed E-state index contributed by atoms with van der Waals surface area (Å²) >= 11 is 0. The van der Waals surface area contributed by atoms with E-state index in [0.29, 0.717) is 31.4 Å². The Morgan fingerprint density at radius 3 is 2.67 bits per heavy atom. The van der Waals surface area contributed by atoms with Gasteiger partial charge in [-0.3, -0.25) is 9.59 Å². The number of carbonyl (C=O) groups is 2. The van der Waals surface area contributed by atoms with Crippen LogP contribution in [0.3, 0.4) is 0 Å². The van der Waals surface area contributed by atoms with Crippen molar-refractivity contribution in [2.24, 2.45) is 5.73 Å². The predicted molar refractivity (Wildman–Crippen MR) is 126 cm³/mol. The zero-order chi connectivity index (χ0) is 24.0. The molecular weight excluding hydrogens is 424 g/mol. The van der Waals surface area contributed by atoms with Crippen molar-refractivity contribution in [1.29, 1.82) is 0 Å². The van der Waals surface area contributed by atoms with E-state index < -0.39 is 6.10 Å². The van der Waals surface area contributed by atoms with E-state index in [1.54, 1.807) is 6.07 Å². The number of ether oxygens (including phenoxy) is 1. The normalized spacial score (nSPS) is 14.1. The van der Waals surface area contributed by atoms with Gasteiger partial charge in [-0.05, 0) is 63.1 Å². The lowest BCUT2D eigenvalue weighted by atomic mass is 9.94. The van der Waals surface area contributed by atoms with Gasteiger partial charge in [0.1, 0.15) is 11.4 Å². The minimum atomic E-state index is -0.903. The van der Waals surface area contributed by atoms with Gasteiger partial charge >= 0.3 is 0 Å². The van der Waals surface area contributed by atoms with Crippen LogP contribution in [0.1, 0.15) is 43.9 Å². The molecule has 1 atom stereocenters. The van der Waals surface area contributed by atoms with Gasteiger partial charge < -0.3 is 36.6 Å². The van der Waals surface area contributed by atoms with Gasteiger partial charge in [0.05, 0.1) is 6.10 Å². The average Bonchev–Trinajstić information content (AvgIpc) is 2.78. The molecule has 7 N–H and O–H groups in total. The largest absolute Gasteiger partial charge is 0.506 e. The van der Waals surface area contributed by atoms with Crippen LogP contribution in [0.25, 0.3) is 0 Å². The number of benzene rings is 2. The molecule has 0 saturated carbocycles. The molecule has 0 bridgehead atoms. The Balaban J connectivity index is 1.57. The SMILES string of the molecule is CC(C)(Cc1ccc(NC(=O)CCCN)cc1)NCC(O)c1ccc(O)c2c1OCC(=O)N2. The second-order valence-corrected chi connectivity index (χ2v) is 8.81. The van der Waals surface area contributed by atoms with Crippen LogP contribution in [0.4, 0.5) is 11.4 Å². The van der Waals surface area contributed by atoms with Crippen molar-refractivity contribution >= 4 is 23.2 Å². The summed E-state index contributed by atoms with van der Waals surface area (Å²) in [6, 6.07) is 10.7. The van der Waals surface area contributed by atoms with Crippen LogP contribution < -0.4 is 26.4 Å². The van der Waals surface area contributed by atoms with Crippen LogP contribution in [-0.4, -0.2) is 47.3 Å². The van der Waals surface area contributed by atoms with Gasteiger partial charge in [-0.1, -0.05) is 12.1 Å². The average molecular weight is 457 g/mol. The number of phenols is 1. The van der Waals surface area contributed by atoms with Crippen molar-refractivity contribution in [2.45, 2.75) is 44.8 Å². The molecule has 3 rings (SSSR count). The number of aromatic hydroxyl groups is 1. The minimum absolute atomic E-state index is 0.0517. The number of nitrogens with two attached hydrogens (primary N) is 1. The minimum Gasteiger partial charge on any atom is -0.506 e. The molecule has 1 unspecified atom stereocenters. The van der Waals surface area contributed by atoms with E-state index in [1.807, 2.05) is 38.1 Å². The van der Waals surface area contributed by atoms with E-state index in [1.165, 1.54) is 6.07 Å². The molecule has 0 fully saturated rings. The zero-order valence-corrected chi connectivity index (χ0v) is 19.0. The van der Waals surface area contributed by atoms with Crippen molar-refractivity contribution in [3.05, 3.63) is 47.5 Å². The van der Waals surface area contributed by atoms with Crippen molar-refractivity contribution in [3.8, 4) is 11.5 Å². The number of aliphatic hydroxyl groups excluding tert-OH is 1. The monoisotopic (exact) mass is 456 g/mol. The Labute approximate surface area is 193 Å². The molecule has 0 spiro atoms. The number of aliphatic hydroxyl groups is 1. The number of hydrogen-bond donors (Lipinski definition) is 6. The third-order valence-corrected chi connectivity index (χ3v) is 5.40. The third-order valence-electron chi connectivity index (χ3n) is 5.40. The summed E-state index contributed by atoms with van der Waals surface area (Å²) in [6.07, 6.45) is 0.851. The highest BCUT2D eigenvalue weighted by Gasteiger charge is 2.27. The van der Waals surface area contributed by atoms with E-state index in [0.717, 1.165) is 11.3 Å². The number of β-amino-alcohol motifs (C(OH)–C–C–N with tert-alkyl or cyclic N) is 1. The van der Waals surface area contributed by atoms with E-state index in [-0.39, 0.29) is 47.7 Å². The molecule has 0 radical (unpaired) electrons. The Bertz CT molecular complexity index is 991. The smallest absolute Gasteiger partial charge is 0.262 e. The molecule has 1 heterocycles. The fourth-order valence-corrected chi connectivity index (χ4v) is 3.69. The predicted octanol–water partition coefficient (Wildman–Crippen LogP) is 2.04. The topological polar surface area (TPSA) is 146 Å². The van der Waals surface area contributed by atoms with Gasteiger partial charge in [-0.15, -0.1) is 0 Å². The second kappa shape index (κ2) is 10.7. The Morgan fingerprint density at radius 1 is 1.24 bits per heavy atom. The highest BCUT2D eigenvalue weighted by molar-refractivity contribution is 5.97. The summed E-state index contributed by atoms with van der Waals surface area (Å²) < 4.78 is 5.46. The summed E-state index contributed by atoms with van der Waals surface area (Å²) in [7, 11) is 0. The standard InChI is InChI=1S/C24H32N4O5/c1-24(2,12-15-5-7-16(8-6-15)27-20(31)4-3-11-25)26-13-19(30)17-9-10-18(29)22-23(17)33-14-21(32)28-22/h5-10,19,26,29-30H,3-4,11-14,25H2,1-2H3,(H,27,31)(H,28,32). The number of nitrogens with one attached hydrogen (secondary N) is 3. The first-order chi connectivity index (χ1) is 15.7. The maximum atomic E-state index is 11.8. The number of phenolic OH excluding ortho intramolecular Hbond substituents is 1. The lowest BCUT2D eigenvalue weighted by Gasteiger charge is -2.29. The molecule has 2 aromatic carbocycles. The second-order valence-electron chi connectivity index (χ2n) is 8.81. The molecule has 1 aliphatic rings. The Morgan fingerprint density at radius 2 is 1.97 bits per heavy atom. The summed E-state index contributed by atoms with van der Waals surface area (Å²) in [5.41, 5.74) is 7.58. The van der Waals surface area contributed by atoms with Crippen molar-refractivity contribution < 1.29 is 24.5 Å². The quantitative estimate of drug-likeness (QED) is 0.300. The summed E-state index contributed by atoms with van der Waals surface area (Å²) in [6.45, 7) is 4.63. The van der Waals surface area contributed by atoms with Gasteiger partial charge in [0, 0.05) is 29.8 Å². The van der Waals surface area contributed by atoms with Gasteiger partial charge in [-0.2, -0.15) is 0 Å². The van der Waals surface area contributed by atoms with Crippen molar-refractivity contribution in [3.63, 3.8) is 0 Å². The fourth-order valence-electron chi connectivity index (χ4n) is 3.69. The highest BCUT2D eigenvalue weighted by atomic mass is 16.5. The molecule has 0 saturated heterocycles. The van der Waals surface area contributed by atoms with Crippen LogP contribution in [0.2, 0.25) is 0 Å². The number of fused-ring (bicyclic) bond motifs is 1. The maximum Gasteiger partial charge on any atom is 0.262 e. The fraction of sp³-hybridized carbons (Fsp3) is 0.417. The summed E-state index contributed by atoms with van der Waals surface area (Å²) in [5.74, 6) is -0.235. The van der Waals surface area contributed by atoms with E-state index in [4.69, 9.17) is 10.5 Å². The Kier molecular flexibility index (Phi) is 7.91. The lowest BCUT2D eigenvalue weighted by molar-refractivity contribution is -0.118. The first kappa shape index (κ1) is 24.5.